The highest BCUT2D eigenvalue weighted by atomic mass is 35.5. The van der Waals surface area contributed by atoms with Gasteiger partial charge in [-0.3, -0.25) is 4.79 Å². The number of carbonyl (C=O) groups is 2. The number of aliphatic hydroxyl groups excluding tert-OH is 1. The van der Waals surface area contributed by atoms with Gasteiger partial charge in [-0.2, -0.15) is 0 Å². The van der Waals surface area contributed by atoms with Crippen molar-refractivity contribution in [1.29, 1.82) is 0 Å². The molecule has 0 fully saturated rings. The molecule has 1 amide bonds. The van der Waals surface area contributed by atoms with Gasteiger partial charge in [0.25, 0.3) is 5.91 Å². The van der Waals surface area contributed by atoms with E-state index in [9.17, 15) is 9.59 Å². The summed E-state index contributed by atoms with van der Waals surface area (Å²) in [5.74, 6) is -1.55. The molecule has 0 unspecified atom stereocenters. The first-order valence-electron chi connectivity index (χ1n) is 5.59. The van der Waals surface area contributed by atoms with Gasteiger partial charge in [-0.1, -0.05) is 23.2 Å². The number of hydrogen-bond donors (Lipinski definition) is 3. The van der Waals surface area contributed by atoms with E-state index in [1.807, 2.05) is 0 Å². The number of carbonyl (C=O) groups excluding carboxylic acids is 1. The third-order valence-electron chi connectivity index (χ3n) is 2.45. The summed E-state index contributed by atoms with van der Waals surface area (Å²) in [4.78, 5) is 22.2. The summed E-state index contributed by atoms with van der Waals surface area (Å²) in [7, 11) is 1.40. The van der Waals surface area contributed by atoms with Crippen LogP contribution in [-0.4, -0.2) is 41.8 Å². The maximum absolute atomic E-state index is 11.8. The van der Waals surface area contributed by atoms with Gasteiger partial charge >= 0.3 is 5.97 Å². The van der Waals surface area contributed by atoms with Gasteiger partial charge in [0.15, 0.2) is 11.9 Å². The van der Waals surface area contributed by atoms with E-state index in [-0.39, 0.29) is 34.3 Å². The zero-order chi connectivity index (χ0) is 15.3. The Hall–Kier alpha value is -1.50. The monoisotopic (exact) mass is 321 g/mol. The number of methoxy groups -OCH3 is 1. The van der Waals surface area contributed by atoms with Gasteiger partial charge < -0.3 is 20.3 Å². The molecule has 8 heteroatoms. The highest BCUT2D eigenvalue weighted by Crippen LogP contribution is 2.33. The molecule has 0 aliphatic heterocycles. The fraction of sp³-hybridized carbons (Fsp3) is 0.333. The van der Waals surface area contributed by atoms with E-state index < -0.39 is 18.0 Å². The van der Waals surface area contributed by atoms with E-state index in [1.165, 1.54) is 19.2 Å². The second-order valence-electron chi connectivity index (χ2n) is 3.87. The average Bonchev–Trinajstić information content (AvgIpc) is 2.37. The largest absolute Gasteiger partial charge is 0.494 e. The summed E-state index contributed by atoms with van der Waals surface area (Å²) < 4.78 is 4.96. The Kier molecular flexibility index (Phi) is 6.06. The Balaban J connectivity index is 2.67. The number of amides is 1. The number of aliphatic carboxylic acids is 1. The van der Waals surface area contributed by atoms with Crippen molar-refractivity contribution < 1.29 is 24.5 Å². The van der Waals surface area contributed by atoms with E-state index in [0.29, 0.717) is 0 Å². The van der Waals surface area contributed by atoms with Crippen LogP contribution in [0.25, 0.3) is 0 Å². The minimum atomic E-state index is -1.52. The molecule has 0 aromatic heterocycles. The Morgan fingerprint density at radius 2 is 1.90 bits per heavy atom. The van der Waals surface area contributed by atoms with Crippen LogP contribution in [0.2, 0.25) is 10.0 Å². The molecule has 1 aromatic rings. The third kappa shape index (κ3) is 4.26. The van der Waals surface area contributed by atoms with E-state index in [4.69, 9.17) is 38.2 Å². The van der Waals surface area contributed by atoms with Crippen LogP contribution in [0.4, 0.5) is 0 Å². The number of halogens is 2. The van der Waals surface area contributed by atoms with Crippen molar-refractivity contribution in [2.24, 2.45) is 0 Å². The number of hydrogen-bond acceptors (Lipinski definition) is 4. The number of carboxylic acids is 1. The van der Waals surface area contributed by atoms with Crippen LogP contribution in [0.15, 0.2) is 12.1 Å². The predicted molar refractivity (Wildman–Crippen MR) is 73.6 cm³/mol. The van der Waals surface area contributed by atoms with Gasteiger partial charge in [0.05, 0.1) is 17.2 Å². The van der Waals surface area contributed by atoms with Crippen LogP contribution in [0, 0.1) is 0 Å². The average molecular weight is 322 g/mol. The normalized spacial score (nSPS) is 11.8. The minimum Gasteiger partial charge on any atom is -0.494 e. The number of ether oxygens (including phenoxy) is 1. The van der Waals surface area contributed by atoms with Crippen molar-refractivity contribution >= 4 is 35.1 Å². The van der Waals surface area contributed by atoms with Crippen LogP contribution in [0.3, 0.4) is 0 Å². The molecule has 1 aromatic carbocycles. The fourth-order valence-electron chi connectivity index (χ4n) is 1.43. The summed E-state index contributed by atoms with van der Waals surface area (Å²) in [5, 5.41) is 20.4. The van der Waals surface area contributed by atoms with Gasteiger partial charge in [0.2, 0.25) is 0 Å². The maximum Gasteiger partial charge on any atom is 0.332 e. The first-order chi connectivity index (χ1) is 9.36. The summed E-state index contributed by atoms with van der Waals surface area (Å²) in [6.07, 6.45) is -1.61. The van der Waals surface area contributed by atoms with Gasteiger partial charge in [-0.25, -0.2) is 4.79 Å². The summed E-state index contributed by atoms with van der Waals surface area (Å²) >= 11 is 11.8. The fourth-order valence-corrected chi connectivity index (χ4v) is 2.08. The summed E-state index contributed by atoms with van der Waals surface area (Å²) in [5.41, 5.74) is 0.214. The van der Waals surface area contributed by atoms with Gasteiger partial charge in [0, 0.05) is 18.5 Å². The number of rotatable bonds is 6. The second kappa shape index (κ2) is 7.33. The molecule has 0 heterocycles. The predicted octanol–water partition coefficient (Wildman–Crippen LogP) is 1.57. The molecular formula is C12H13Cl2NO5. The molecule has 0 aliphatic carbocycles. The topological polar surface area (TPSA) is 95.9 Å². The molecule has 0 saturated carbocycles. The Labute approximate surface area is 125 Å². The lowest BCUT2D eigenvalue weighted by molar-refractivity contribution is -0.146. The van der Waals surface area contributed by atoms with E-state index in [1.54, 1.807) is 0 Å². The van der Waals surface area contributed by atoms with Crippen LogP contribution < -0.4 is 10.1 Å². The quantitative estimate of drug-likeness (QED) is 0.739. The Bertz CT molecular complexity index is 498. The summed E-state index contributed by atoms with van der Waals surface area (Å²) in [6, 6.07) is 2.77. The van der Waals surface area contributed by atoms with Crippen molar-refractivity contribution in [2.75, 3.05) is 13.7 Å². The number of aliphatic hydroxyl groups is 1. The smallest absolute Gasteiger partial charge is 0.332 e. The van der Waals surface area contributed by atoms with Gasteiger partial charge in [-0.15, -0.1) is 0 Å². The molecule has 3 N–H and O–H groups in total. The van der Waals surface area contributed by atoms with Crippen molar-refractivity contribution in [2.45, 2.75) is 12.5 Å². The molecule has 20 heavy (non-hydrogen) atoms. The maximum atomic E-state index is 11.8. The molecule has 1 atom stereocenters. The zero-order valence-electron chi connectivity index (χ0n) is 10.5. The lowest BCUT2D eigenvalue weighted by Crippen LogP contribution is -2.30. The SMILES string of the molecule is COc1c(Cl)cc(C(=O)NCC[C@H](O)C(=O)O)cc1Cl. The lowest BCUT2D eigenvalue weighted by atomic mass is 10.2. The van der Waals surface area contributed by atoms with Crippen LogP contribution >= 0.6 is 23.2 Å². The molecular weight excluding hydrogens is 309 g/mol. The van der Waals surface area contributed by atoms with E-state index in [0.717, 1.165) is 0 Å². The van der Waals surface area contributed by atoms with E-state index in [2.05, 4.69) is 5.32 Å². The van der Waals surface area contributed by atoms with Gasteiger partial charge in [0.1, 0.15) is 0 Å². The Morgan fingerprint density at radius 3 is 2.35 bits per heavy atom. The van der Waals surface area contributed by atoms with Crippen LogP contribution in [-0.2, 0) is 4.79 Å². The number of benzene rings is 1. The molecule has 1 rings (SSSR count). The molecule has 0 aliphatic rings. The molecule has 0 radical (unpaired) electrons. The molecule has 6 nitrogen and oxygen atoms in total. The third-order valence-corrected chi connectivity index (χ3v) is 3.01. The van der Waals surface area contributed by atoms with Crippen molar-refractivity contribution in [3.63, 3.8) is 0 Å². The first kappa shape index (κ1) is 16.6. The highest BCUT2D eigenvalue weighted by molar-refractivity contribution is 6.37. The highest BCUT2D eigenvalue weighted by Gasteiger charge is 2.15. The standard InChI is InChI=1S/C12H13Cl2NO5/c1-20-10-7(13)4-6(5-8(10)14)11(17)15-3-2-9(16)12(18)19/h4-5,9,16H,2-3H2,1H3,(H,15,17)(H,18,19)/t9-/m0/s1. The second-order valence-corrected chi connectivity index (χ2v) is 4.69. The first-order valence-corrected chi connectivity index (χ1v) is 6.34. The molecule has 0 saturated heterocycles. The number of carboxylic acid groups (broad SMARTS) is 1. The molecule has 0 bridgehead atoms. The lowest BCUT2D eigenvalue weighted by Gasteiger charge is -2.10. The summed E-state index contributed by atoms with van der Waals surface area (Å²) in [6.45, 7) is 0.00751. The van der Waals surface area contributed by atoms with Crippen molar-refractivity contribution in [1.82, 2.24) is 5.32 Å². The Morgan fingerprint density at radius 1 is 1.35 bits per heavy atom. The van der Waals surface area contributed by atoms with Crippen LogP contribution in [0.1, 0.15) is 16.8 Å². The van der Waals surface area contributed by atoms with Crippen molar-refractivity contribution in [3.05, 3.63) is 27.7 Å². The van der Waals surface area contributed by atoms with E-state index >= 15 is 0 Å². The number of nitrogens with one attached hydrogen (secondary N) is 1. The minimum absolute atomic E-state index is 0.00751. The molecule has 110 valence electrons. The van der Waals surface area contributed by atoms with Crippen LogP contribution in [0.5, 0.6) is 5.75 Å². The van der Waals surface area contributed by atoms with Gasteiger partial charge in [-0.05, 0) is 12.1 Å². The van der Waals surface area contributed by atoms with Crippen molar-refractivity contribution in [3.8, 4) is 5.75 Å². The zero-order valence-corrected chi connectivity index (χ0v) is 12.0. The molecule has 0 spiro atoms.